The topological polar surface area (TPSA) is 29.5 Å². The van der Waals surface area contributed by atoms with E-state index < -0.39 is 0 Å². The van der Waals surface area contributed by atoms with Crippen molar-refractivity contribution in [3.05, 3.63) is 44.3 Å². The molecule has 1 saturated heterocycles. The molecular weight excluding hydrogens is 314 g/mol. The summed E-state index contributed by atoms with van der Waals surface area (Å²) in [7, 11) is 0. The van der Waals surface area contributed by atoms with Crippen LogP contribution in [0, 0.1) is 5.92 Å². The van der Waals surface area contributed by atoms with E-state index in [0.717, 1.165) is 39.0 Å². The van der Waals surface area contributed by atoms with Crippen molar-refractivity contribution in [2.75, 3.05) is 19.8 Å². The van der Waals surface area contributed by atoms with E-state index in [1.54, 1.807) is 11.3 Å². The first-order valence-corrected chi connectivity index (χ1v) is 9.58. The van der Waals surface area contributed by atoms with E-state index in [1.165, 1.54) is 15.3 Å². The second-order valence-electron chi connectivity index (χ2n) is 5.89. The lowest BCUT2D eigenvalue weighted by atomic mass is 9.93. The lowest BCUT2D eigenvalue weighted by molar-refractivity contribution is -0.140. The second kappa shape index (κ2) is 6.14. The molecule has 1 fully saturated rings. The van der Waals surface area contributed by atoms with E-state index in [1.807, 2.05) is 11.3 Å². The zero-order chi connectivity index (χ0) is 14.9. The molecule has 1 atom stereocenters. The lowest BCUT2D eigenvalue weighted by Crippen LogP contribution is -2.44. The highest BCUT2D eigenvalue weighted by molar-refractivity contribution is 7.10. The highest BCUT2D eigenvalue weighted by atomic mass is 32.1. The molecule has 0 bridgehead atoms. The molecule has 0 spiro atoms. The number of carbonyl (C=O) groups is 1. The van der Waals surface area contributed by atoms with Gasteiger partial charge in [0.25, 0.3) is 0 Å². The summed E-state index contributed by atoms with van der Waals surface area (Å²) < 4.78 is 5.41. The number of thiophene rings is 2. The Kier molecular flexibility index (Phi) is 4.03. The predicted octanol–water partition coefficient (Wildman–Crippen LogP) is 3.71. The van der Waals surface area contributed by atoms with Crippen molar-refractivity contribution in [3.63, 3.8) is 0 Å². The molecule has 2 aliphatic rings. The molecule has 0 aromatic carbocycles. The Bertz CT molecular complexity index is 643. The number of hydrogen-bond donors (Lipinski definition) is 0. The van der Waals surface area contributed by atoms with Gasteiger partial charge in [0.05, 0.1) is 6.04 Å². The number of rotatable bonds is 2. The predicted molar refractivity (Wildman–Crippen MR) is 89.4 cm³/mol. The third-order valence-electron chi connectivity index (χ3n) is 4.63. The van der Waals surface area contributed by atoms with Crippen LogP contribution in [-0.2, 0) is 16.0 Å². The Morgan fingerprint density at radius 3 is 2.82 bits per heavy atom. The van der Waals surface area contributed by atoms with Crippen LogP contribution >= 0.6 is 22.7 Å². The lowest BCUT2D eigenvalue weighted by Gasteiger charge is -2.38. The average Bonchev–Trinajstić information content (AvgIpc) is 3.25. The summed E-state index contributed by atoms with van der Waals surface area (Å²) in [5, 5.41) is 4.26. The van der Waals surface area contributed by atoms with Gasteiger partial charge in [0.15, 0.2) is 0 Å². The maximum absolute atomic E-state index is 13.1. The Morgan fingerprint density at radius 2 is 2.05 bits per heavy atom. The van der Waals surface area contributed by atoms with Gasteiger partial charge in [-0.3, -0.25) is 4.79 Å². The Hall–Kier alpha value is -1.17. The molecule has 2 aromatic heterocycles. The largest absolute Gasteiger partial charge is 0.381 e. The maximum atomic E-state index is 13.1. The van der Waals surface area contributed by atoms with Gasteiger partial charge in [-0.25, -0.2) is 0 Å². The van der Waals surface area contributed by atoms with Gasteiger partial charge < -0.3 is 9.64 Å². The summed E-state index contributed by atoms with van der Waals surface area (Å²) >= 11 is 3.57. The zero-order valence-electron chi connectivity index (χ0n) is 12.4. The van der Waals surface area contributed by atoms with E-state index in [-0.39, 0.29) is 12.0 Å². The molecule has 5 heteroatoms. The van der Waals surface area contributed by atoms with Crippen molar-refractivity contribution >= 4 is 28.6 Å². The van der Waals surface area contributed by atoms with Crippen LogP contribution in [0.3, 0.4) is 0 Å². The van der Waals surface area contributed by atoms with Gasteiger partial charge in [-0.05, 0) is 47.7 Å². The fourth-order valence-corrected chi connectivity index (χ4v) is 5.24. The minimum absolute atomic E-state index is 0.116. The van der Waals surface area contributed by atoms with Gasteiger partial charge >= 0.3 is 0 Å². The molecule has 2 aromatic rings. The number of ether oxygens (including phenoxy) is 1. The minimum atomic E-state index is 0.116. The van der Waals surface area contributed by atoms with Gasteiger partial charge in [-0.1, -0.05) is 6.07 Å². The van der Waals surface area contributed by atoms with Gasteiger partial charge in [-0.15, -0.1) is 22.7 Å². The Morgan fingerprint density at radius 1 is 1.18 bits per heavy atom. The zero-order valence-corrected chi connectivity index (χ0v) is 14.0. The first-order chi connectivity index (χ1) is 10.8. The molecule has 0 N–H and O–H groups in total. The number of carbonyl (C=O) groups excluding carboxylic acids is 1. The molecule has 3 nitrogen and oxygen atoms in total. The molecule has 4 heterocycles. The van der Waals surface area contributed by atoms with E-state index in [2.05, 4.69) is 33.9 Å². The number of hydrogen-bond acceptors (Lipinski definition) is 4. The summed E-state index contributed by atoms with van der Waals surface area (Å²) in [5.41, 5.74) is 1.33. The van der Waals surface area contributed by atoms with Crippen LogP contribution in [0.4, 0.5) is 0 Å². The summed E-state index contributed by atoms with van der Waals surface area (Å²) in [6, 6.07) is 6.56. The number of amides is 1. The van der Waals surface area contributed by atoms with Crippen molar-refractivity contribution in [2.45, 2.75) is 25.3 Å². The monoisotopic (exact) mass is 333 g/mol. The molecule has 2 aliphatic heterocycles. The molecule has 0 saturated carbocycles. The summed E-state index contributed by atoms with van der Waals surface area (Å²) in [6.45, 7) is 2.28. The molecule has 22 heavy (non-hydrogen) atoms. The van der Waals surface area contributed by atoms with Crippen molar-refractivity contribution in [1.82, 2.24) is 4.90 Å². The minimum Gasteiger partial charge on any atom is -0.381 e. The number of nitrogens with zero attached hydrogens (tertiary/aromatic N) is 1. The first-order valence-electron chi connectivity index (χ1n) is 7.82. The van der Waals surface area contributed by atoms with Crippen molar-refractivity contribution < 1.29 is 9.53 Å². The van der Waals surface area contributed by atoms with Crippen LogP contribution in [0.15, 0.2) is 29.0 Å². The standard InChI is InChI=1S/C17H19NO2S2/c19-17(12-4-8-20-9-5-12)18-7-3-14-13(6-11-22-14)16(18)15-2-1-10-21-15/h1-2,6,10-12,16H,3-5,7-9H2. The van der Waals surface area contributed by atoms with E-state index >= 15 is 0 Å². The normalized spacial score (nSPS) is 22.5. The van der Waals surface area contributed by atoms with E-state index in [9.17, 15) is 4.79 Å². The molecule has 4 rings (SSSR count). The Labute approximate surface area is 138 Å². The summed E-state index contributed by atoms with van der Waals surface area (Å²) in [5.74, 6) is 0.454. The second-order valence-corrected chi connectivity index (χ2v) is 7.87. The van der Waals surface area contributed by atoms with E-state index in [0.29, 0.717) is 5.91 Å². The van der Waals surface area contributed by atoms with Crippen molar-refractivity contribution in [2.24, 2.45) is 5.92 Å². The highest BCUT2D eigenvalue weighted by Gasteiger charge is 2.36. The first kappa shape index (κ1) is 14.4. The smallest absolute Gasteiger partial charge is 0.226 e. The summed E-state index contributed by atoms with van der Waals surface area (Å²) in [6.07, 6.45) is 2.72. The summed E-state index contributed by atoms with van der Waals surface area (Å²) in [4.78, 5) is 17.9. The van der Waals surface area contributed by atoms with Crippen LogP contribution in [0.1, 0.15) is 34.2 Å². The van der Waals surface area contributed by atoms with Crippen molar-refractivity contribution in [1.29, 1.82) is 0 Å². The molecule has 0 aliphatic carbocycles. The fraction of sp³-hybridized carbons (Fsp3) is 0.471. The molecule has 1 amide bonds. The van der Waals surface area contributed by atoms with Crippen LogP contribution in [0.2, 0.25) is 0 Å². The van der Waals surface area contributed by atoms with Gasteiger partial charge in [-0.2, -0.15) is 0 Å². The van der Waals surface area contributed by atoms with Gasteiger partial charge in [0.2, 0.25) is 5.91 Å². The third-order valence-corrected chi connectivity index (χ3v) is 6.55. The third kappa shape index (κ3) is 2.51. The Balaban J connectivity index is 1.67. The van der Waals surface area contributed by atoms with Crippen molar-refractivity contribution in [3.8, 4) is 0 Å². The van der Waals surface area contributed by atoms with Crippen LogP contribution < -0.4 is 0 Å². The van der Waals surface area contributed by atoms with Crippen LogP contribution in [0.25, 0.3) is 0 Å². The SMILES string of the molecule is O=C(C1CCOCC1)N1CCc2sccc2C1c1cccs1. The number of fused-ring (bicyclic) bond motifs is 1. The fourth-order valence-electron chi connectivity index (χ4n) is 3.49. The van der Waals surface area contributed by atoms with Crippen LogP contribution in [0.5, 0.6) is 0 Å². The quantitative estimate of drug-likeness (QED) is 0.838. The van der Waals surface area contributed by atoms with Gasteiger partial charge in [0, 0.05) is 35.4 Å². The molecule has 0 radical (unpaired) electrons. The maximum Gasteiger partial charge on any atom is 0.226 e. The van der Waals surface area contributed by atoms with Gasteiger partial charge in [0.1, 0.15) is 0 Å². The van der Waals surface area contributed by atoms with E-state index in [4.69, 9.17) is 4.74 Å². The molecule has 116 valence electrons. The molecule has 1 unspecified atom stereocenters. The highest BCUT2D eigenvalue weighted by Crippen LogP contribution is 2.40. The molecular formula is C17H19NO2S2. The van der Waals surface area contributed by atoms with Crippen LogP contribution in [-0.4, -0.2) is 30.6 Å². The average molecular weight is 333 g/mol.